The number of aliphatic hydroxyl groups excluding tert-OH is 1. The second-order valence-electron chi connectivity index (χ2n) is 16.2. The predicted octanol–water partition coefficient (Wildman–Crippen LogP) is 5.46. The maximum atomic E-state index is 12.3. The van der Waals surface area contributed by atoms with Gasteiger partial charge in [-0.05, 0) is 51.9 Å². The lowest BCUT2D eigenvalue weighted by molar-refractivity contribution is -0.142. The van der Waals surface area contributed by atoms with Crippen LogP contribution in [0.5, 0.6) is 0 Å². The van der Waals surface area contributed by atoms with E-state index in [1.807, 2.05) is 6.92 Å². The number of aliphatic hydroxyl groups is 1. The second kappa shape index (κ2) is 42.4. The zero-order chi connectivity index (χ0) is 46.8. The minimum atomic E-state index is -1.16. The number of nitrogens with one attached hydrogen (secondary N) is 3. The zero-order valence-electron chi connectivity index (χ0n) is 38.6. The molecule has 0 rings (SSSR count). The molecule has 0 aromatic heterocycles. The fourth-order valence-corrected chi connectivity index (χ4v) is 6.78. The molecular weight excluding hydrogens is 819 g/mol. The summed E-state index contributed by atoms with van der Waals surface area (Å²) in [6, 6.07) is -1.10. The molecule has 0 saturated carbocycles. The van der Waals surface area contributed by atoms with Crippen LogP contribution in [0.1, 0.15) is 168 Å². The average Bonchev–Trinajstić information content (AvgIpc) is 3.24. The van der Waals surface area contributed by atoms with E-state index in [0.29, 0.717) is 38.8 Å². The number of carbonyl (C=O) groups excluding carboxylic acids is 5. The number of carbonyl (C=O) groups is 7. The molecule has 63 heavy (non-hydrogen) atoms. The molecule has 1 unspecified atom stereocenters. The Hall–Kier alpha value is -3.51. The number of ketones is 2. The van der Waals surface area contributed by atoms with Crippen LogP contribution in [0.4, 0.5) is 0 Å². The Labute approximate surface area is 376 Å². The van der Waals surface area contributed by atoms with Crippen LogP contribution in [0.25, 0.3) is 0 Å². The normalized spacial score (nSPS) is 12.6. The van der Waals surface area contributed by atoms with E-state index in [4.69, 9.17) is 24.1 Å². The van der Waals surface area contributed by atoms with Crippen LogP contribution < -0.4 is 16.0 Å². The van der Waals surface area contributed by atoms with E-state index in [1.165, 1.54) is 51.9 Å². The first kappa shape index (κ1) is 59.5. The molecule has 366 valence electrons. The standard InChI is InChI=1S/C46H83N3O14/c1-3-38(45(57)37(2)50)21-18-19-27-47-42(53)35-63-34-32-61-30-28-48-43(54)36-62-33-31-60-29-20-22-39(51)25-26-40(46(58)59)49-41(52)23-16-14-12-10-8-6-4-5-7-9-11-13-15-17-24-44(55)56/h37-38,40,50H,3-36H2,1-2H3,(H,47,53)(H,48,54)(H,49,52)(H,55,56)(H,58,59)/t37?,38-,40-/m0/s1. The molecule has 0 bridgehead atoms. The number of hydrogen-bond donors (Lipinski definition) is 6. The molecule has 3 amide bonds. The molecule has 0 spiro atoms. The fourth-order valence-electron chi connectivity index (χ4n) is 6.78. The van der Waals surface area contributed by atoms with Crippen LogP contribution in [0.15, 0.2) is 0 Å². The first-order valence-electron chi connectivity index (χ1n) is 23.7. The summed E-state index contributed by atoms with van der Waals surface area (Å²) in [4.78, 5) is 82.6. The van der Waals surface area contributed by atoms with Crippen molar-refractivity contribution in [2.75, 3.05) is 65.9 Å². The molecule has 6 N–H and O–H groups in total. The zero-order valence-corrected chi connectivity index (χ0v) is 38.6. The van der Waals surface area contributed by atoms with Crippen molar-refractivity contribution < 1.29 is 67.8 Å². The van der Waals surface area contributed by atoms with Crippen LogP contribution in [-0.2, 0) is 52.5 Å². The Morgan fingerprint density at radius 1 is 0.492 bits per heavy atom. The van der Waals surface area contributed by atoms with E-state index >= 15 is 0 Å². The van der Waals surface area contributed by atoms with E-state index in [-0.39, 0.29) is 120 Å². The van der Waals surface area contributed by atoms with Gasteiger partial charge in [0.05, 0.1) is 33.0 Å². The van der Waals surface area contributed by atoms with Gasteiger partial charge in [0, 0.05) is 51.3 Å². The highest BCUT2D eigenvalue weighted by atomic mass is 16.5. The van der Waals surface area contributed by atoms with Gasteiger partial charge in [0.15, 0.2) is 5.78 Å². The second-order valence-corrected chi connectivity index (χ2v) is 16.2. The first-order chi connectivity index (χ1) is 30.4. The lowest BCUT2D eigenvalue weighted by atomic mass is 9.92. The van der Waals surface area contributed by atoms with Gasteiger partial charge in [-0.25, -0.2) is 4.79 Å². The van der Waals surface area contributed by atoms with Crippen LogP contribution >= 0.6 is 0 Å². The molecule has 3 atom stereocenters. The number of Topliss-reactive ketones (excluding diaryl/α,β-unsaturated/α-hetero) is 2. The van der Waals surface area contributed by atoms with Gasteiger partial charge >= 0.3 is 11.9 Å². The minimum absolute atomic E-state index is 0.0332. The van der Waals surface area contributed by atoms with E-state index in [0.717, 1.165) is 51.4 Å². The molecule has 17 nitrogen and oxygen atoms in total. The molecule has 0 aromatic carbocycles. The van der Waals surface area contributed by atoms with Crippen molar-refractivity contribution in [1.29, 1.82) is 0 Å². The molecule has 0 aliphatic heterocycles. The van der Waals surface area contributed by atoms with Crippen molar-refractivity contribution in [3.63, 3.8) is 0 Å². The quantitative estimate of drug-likeness (QED) is 0.0415. The topological polar surface area (TPSA) is 253 Å². The number of aliphatic carboxylic acids is 2. The molecular formula is C46H83N3O14. The van der Waals surface area contributed by atoms with Crippen molar-refractivity contribution in [3.8, 4) is 0 Å². The monoisotopic (exact) mass is 902 g/mol. The maximum absolute atomic E-state index is 12.3. The molecule has 0 aromatic rings. The van der Waals surface area contributed by atoms with Crippen LogP contribution in [0, 0.1) is 5.92 Å². The van der Waals surface area contributed by atoms with Crippen molar-refractivity contribution >= 4 is 41.2 Å². The molecule has 17 heteroatoms. The lowest BCUT2D eigenvalue weighted by Crippen LogP contribution is -2.41. The Kier molecular flexibility index (Phi) is 40.1. The van der Waals surface area contributed by atoms with E-state index < -0.39 is 24.1 Å². The van der Waals surface area contributed by atoms with Crippen LogP contribution in [-0.4, -0.2) is 135 Å². The summed E-state index contributed by atoms with van der Waals surface area (Å²) in [7, 11) is 0. The van der Waals surface area contributed by atoms with Gasteiger partial charge in [0.1, 0.15) is 31.1 Å². The Morgan fingerprint density at radius 3 is 1.49 bits per heavy atom. The van der Waals surface area contributed by atoms with E-state index in [1.54, 1.807) is 0 Å². The summed E-state index contributed by atoms with van der Waals surface area (Å²) in [6.07, 6.45) is 18.3. The van der Waals surface area contributed by atoms with Crippen LogP contribution in [0.2, 0.25) is 0 Å². The lowest BCUT2D eigenvalue weighted by Gasteiger charge is -2.15. The summed E-state index contributed by atoms with van der Waals surface area (Å²) in [5.41, 5.74) is 0. The summed E-state index contributed by atoms with van der Waals surface area (Å²) in [6.45, 7) is 5.40. The number of rotatable bonds is 47. The first-order valence-corrected chi connectivity index (χ1v) is 23.7. The number of unbranched alkanes of at least 4 members (excludes halogenated alkanes) is 14. The third-order valence-corrected chi connectivity index (χ3v) is 10.5. The molecule has 0 aliphatic carbocycles. The molecule has 0 fully saturated rings. The van der Waals surface area contributed by atoms with E-state index in [2.05, 4.69) is 16.0 Å². The number of ether oxygens (including phenoxy) is 4. The number of carboxylic acids is 2. The fraction of sp³-hybridized carbons (Fsp3) is 0.848. The van der Waals surface area contributed by atoms with E-state index in [9.17, 15) is 43.8 Å². The summed E-state index contributed by atoms with van der Waals surface area (Å²) in [5.74, 6) is -3.14. The van der Waals surface area contributed by atoms with Gasteiger partial charge in [0.25, 0.3) is 0 Å². The largest absolute Gasteiger partial charge is 0.481 e. The number of carboxylic acid groups (broad SMARTS) is 2. The molecule has 0 saturated heterocycles. The van der Waals surface area contributed by atoms with Gasteiger partial charge < -0.3 is 50.2 Å². The van der Waals surface area contributed by atoms with Crippen molar-refractivity contribution in [2.24, 2.45) is 5.92 Å². The third-order valence-electron chi connectivity index (χ3n) is 10.5. The highest BCUT2D eigenvalue weighted by molar-refractivity contribution is 5.85. The van der Waals surface area contributed by atoms with Gasteiger partial charge in [-0.2, -0.15) is 0 Å². The van der Waals surface area contributed by atoms with Gasteiger partial charge in [0.2, 0.25) is 17.7 Å². The van der Waals surface area contributed by atoms with Crippen molar-refractivity contribution in [2.45, 2.75) is 180 Å². The highest BCUT2D eigenvalue weighted by Crippen LogP contribution is 2.16. The van der Waals surface area contributed by atoms with Gasteiger partial charge in [-0.15, -0.1) is 0 Å². The summed E-state index contributed by atoms with van der Waals surface area (Å²) < 4.78 is 21.5. The van der Waals surface area contributed by atoms with Gasteiger partial charge in [-0.3, -0.25) is 28.8 Å². The summed E-state index contributed by atoms with van der Waals surface area (Å²) >= 11 is 0. The SMILES string of the molecule is CC[C@@H](CCCCNC(=O)COCCOCCNC(=O)COCCOCCCC(=O)CC[C@H](NC(=O)CCCCCCCCCCCCCCCCC(=O)O)C(=O)O)C(=O)C(C)O. The van der Waals surface area contributed by atoms with Crippen molar-refractivity contribution in [3.05, 3.63) is 0 Å². The van der Waals surface area contributed by atoms with Crippen molar-refractivity contribution in [1.82, 2.24) is 16.0 Å². The van der Waals surface area contributed by atoms with Crippen LogP contribution in [0.3, 0.4) is 0 Å². The average molecular weight is 902 g/mol. The number of amides is 3. The maximum Gasteiger partial charge on any atom is 0.326 e. The number of hydrogen-bond acceptors (Lipinski definition) is 12. The molecule has 0 aliphatic rings. The summed E-state index contributed by atoms with van der Waals surface area (Å²) in [5, 5.41) is 35.6. The minimum Gasteiger partial charge on any atom is -0.481 e. The Balaban J connectivity index is 3.67. The third kappa shape index (κ3) is 39.8. The molecule has 0 radical (unpaired) electrons. The Bertz CT molecular complexity index is 1230. The predicted molar refractivity (Wildman–Crippen MR) is 238 cm³/mol. The smallest absolute Gasteiger partial charge is 0.326 e. The van der Waals surface area contributed by atoms with Gasteiger partial charge in [-0.1, -0.05) is 90.4 Å². The Morgan fingerprint density at radius 2 is 0.984 bits per heavy atom. The molecule has 0 heterocycles. The highest BCUT2D eigenvalue weighted by Gasteiger charge is 2.21.